The molecule has 0 N–H and O–H groups in total. The molecule has 2 atom stereocenters. The molecular weight excluding hydrogens is 388 g/mol. The lowest BCUT2D eigenvalue weighted by Crippen LogP contribution is -2.35. The topological polar surface area (TPSA) is 52.6 Å². The molecule has 31 heavy (non-hydrogen) atoms. The Morgan fingerprint density at radius 2 is 1.10 bits per heavy atom. The highest BCUT2D eigenvalue weighted by Gasteiger charge is 2.37. The first-order valence-corrected chi connectivity index (χ1v) is 13.4. The zero-order chi connectivity index (χ0) is 22.7. The molecule has 0 amide bonds. The largest absolute Gasteiger partial charge is 0.465 e. The second kappa shape index (κ2) is 18.5. The van der Waals surface area contributed by atoms with E-state index in [1.807, 2.05) is 0 Å². The van der Waals surface area contributed by atoms with Crippen molar-refractivity contribution < 1.29 is 19.1 Å². The molecule has 4 heteroatoms. The van der Waals surface area contributed by atoms with E-state index in [0.717, 1.165) is 57.3 Å². The highest BCUT2D eigenvalue weighted by atomic mass is 16.5. The summed E-state index contributed by atoms with van der Waals surface area (Å²) >= 11 is 0. The standard InChI is InChI=1S/C27H50O4/c1-4-5-6-7-8-11-16-21-30-26(28)24-19-14-15-20-25(24)27(29)31-22-17-12-9-10-13-18-23(2)3/h23-25H,4-22H2,1-3H3. The second-order valence-corrected chi connectivity index (χ2v) is 9.90. The van der Waals surface area contributed by atoms with Gasteiger partial charge in [0.1, 0.15) is 0 Å². The van der Waals surface area contributed by atoms with Crippen LogP contribution in [0, 0.1) is 17.8 Å². The van der Waals surface area contributed by atoms with Crippen molar-refractivity contribution in [3.63, 3.8) is 0 Å². The van der Waals surface area contributed by atoms with Crippen molar-refractivity contribution in [2.75, 3.05) is 13.2 Å². The Morgan fingerprint density at radius 3 is 1.55 bits per heavy atom. The van der Waals surface area contributed by atoms with Gasteiger partial charge in [-0.25, -0.2) is 0 Å². The average molecular weight is 439 g/mol. The predicted octanol–water partition coefficient (Wildman–Crippen LogP) is 7.63. The number of esters is 2. The molecule has 0 saturated heterocycles. The van der Waals surface area contributed by atoms with E-state index in [1.165, 1.54) is 57.8 Å². The van der Waals surface area contributed by atoms with Gasteiger partial charge >= 0.3 is 11.9 Å². The summed E-state index contributed by atoms with van der Waals surface area (Å²) in [5, 5.41) is 0. The third kappa shape index (κ3) is 13.9. The van der Waals surface area contributed by atoms with Crippen molar-refractivity contribution in [3.05, 3.63) is 0 Å². The molecule has 2 unspecified atom stereocenters. The van der Waals surface area contributed by atoms with Gasteiger partial charge < -0.3 is 9.47 Å². The fourth-order valence-electron chi connectivity index (χ4n) is 4.50. The smallest absolute Gasteiger partial charge is 0.309 e. The van der Waals surface area contributed by atoms with E-state index in [4.69, 9.17) is 9.47 Å². The third-order valence-electron chi connectivity index (χ3n) is 6.53. The van der Waals surface area contributed by atoms with Crippen LogP contribution in [0.2, 0.25) is 0 Å². The maximum atomic E-state index is 12.6. The number of ether oxygens (including phenoxy) is 2. The van der Waals surface area contributed by atoms with Gasteiger partial charge in [-0.3, -0.25) is 9.59 Å². The zero-order valence-electron chi connectivity index (χ0n) is 20.8. The Hall–Kier alpha value is -1.06. The van der Waals surface area contributed by atoms with Crippen LogP contribution in [-0.2, 0) is 19.1 Å². The van der Waals surface area contributed by atoms with E-state index >= 15 is 0 Å². The molecule has 0 aromatic carbocycles. The molecule has 1 fully saturated rings. The van der Waals surface area contributed by atoms with Gasteiger partial charge in [-0.1, -0.05) is 104 Å². The van der Waals surface area contributed by atoms with Crippen molar-refractivity contribution in [1.29, 1.82) is 0 Å². The molecule has 0 aliphatic heterocycles. The fourth-order valence-corrected chi connectivity index (χ4v) is 4.50. The molecule has 0 spiro atoms. The van der Waals surface area contributed by atoms with Crippen LogP contribution < -0.4 is 0 Å². The highest BCUT2D eigenvalue weighted by molar-refractivity contribution is 5.82. The third-order valence-corrected chi connectivity index (χ3v) is 6.53. The lowest BCUT2D eigenvalue weighted by atomic mass is 9.79. The molecule has 4 nitrogen and oxygen atoms in total. The first kappa shape index (κ1) is 28.0. The van der Waals surface area contributed by atoms with Gasteiger partial charge in [-0.2, -0.15) is 0 Å². The van der Waals surface area contributed by atoms with E-state index in [2.05, 4.69) is 20.8 Å². The molecular formula is C27H50O4. The van der Waals surface area contributed by atoms with Gasteiger partial charge in [-0.15, -0.1) is 0 Å². The highest BCUT2D eigenvalue weighted by Crippen LogP contribution is 2.32. The van der Waals surface area contributed by atoms with Gasteiger partial charge in [0.05, 0.1) is 25.0 Å². The first-order chi connectivity index (χ1) is 15.1. The molecule has 1 saturated carbocycles. The van der Waals surface area contributed by atoms with Crippen molar-refractivity contribution in [1.82, 2.24) is 0 Å². The number of carbonyl (C=O) groups is 2. The van der Waals surface area contributed by atoms with Crippen LogP contribution in [0.15, 0.2) is 0 Å². The van der Waals surface area contributed by atoms with E-state index in [1.54, 1.807) is 0 Å². The number of hydrogen-bond donors (Lipinski definition) is 0. The predicted molar refractivity (Wildman–Crippen MR) is 128 cm³/mol. The van der Waals surface area contributed by atoms with E-state index in [0.29, 0.717) is 13.2 Å². The molecule has 1 aliphatic carbocycles. The maximum absolute atomic E-state index is 12.6. The van der Waals surface area contributed by atoms with Gasteiger partial charge in [-0.05, 0) is 31.6 Å². The van der Waals surface area contributed by atoms with Crippen molar-refractivity contribution in [2.45, 2.75) is 130 Å². The molecule has 0 aromatic rings. The van der Waals surface area contributed by atoms with Crippen LogP contribution in [-0.4, -0.2) is 25.2 Å². The lowest BCUT2D eigenvalue weighted by molar-refractivity contribution is -0.163. The second-order valence-electron chi connectivity index (χ2n) is 9.90. The lowest BCUT2D eigenvalue weighted by Gasteiger charge is -2.28. The monoisotopic (exact) mass is 438 g/mol. The van der Waals surface area contributed by atoms with Gasteiger partial charge in [0, 0.05) is 0 Å². The van der Waals surface area contributed by atoms with E-state index in [-0.39, 0.29) is 23.8 Å². The van der Waals surface area contributed by atoms with Crippen LogP contribution >= 0.6 is 0 Å². The van der Waals surface area contributed by atoms with Crippen LogP contribution in [0.4, 0.5) is 0 Å². The summed E-state index contributed by atoms with van der Waals surface area (Å²) in [5.41, 5.74) is 0. The summed E-state index contributed by atoms with van der Waals surface area (Å²) in [7, 11) is 0. The molecule has 1 rings (SSSR count). The fraction of sp³-hybridized carbons (Fsp3) is 0.926. The summed E-state index contributed by atoms with van der Waals surface area (Å²) in [5.74, 6) is -0.190. The Labute approximate surface area is 192 Å². The normalized spacial score (nSPS) is 18.8. The van der Waals surface area contributed by atoms with Crippen LogP contribution in [0.5, 0.6) is 0 Å². The number of hydrogen-bond acceptors (Lipinski definition) is 4. The summed E-state index contributed by atoms with van der Waals surface area (Å²) < 4.78 is 11.1. The van der Waals surface area contributed by atoms with E-state index < -0.39 is 0 Å². The number of carbonyl (C=O) groups excluding carboxylic acids is 2. The summed E-state index contributed by atoms with van der Waals surface area (Å²) in [6, 6.07) is 0. The van der Waals surface area contributed by atoms with Crippen LogP contribution in [0.25, 0.3) is 0 Å². The van der Waals surface area contributed by atoms with Crippen LogP contribution in [0.3, 0.4) is 0 Å². The Morgan fingerprint density at radius 1 is 0.677 bits per heavy atom. The molecule has 0 aromatic heterocycles. The number of rotatable bonds is 18. The zero-order valence-corrected chi connectivity index (χ0v) is 20.8. The maximum Gasteiger partial charge on any atom is 0.309 e. The molecule has 0 heterocycles. The minimum atomic E-state index is -0.304. The number of unbranched alkanes of at least 4 members (excludes halogenated alkanes) is 10. The Balaban J connectivity index is 2.18. The minimum Gasteiger partial charge on any atom is -0.465 e. The average Bonchev–Trinajstić information content (AvgIpc) is 2.76. The molecule has 1 aliphatic rings. The summed E-state index contributed by atoms with van der Waals surface area (Å²) in [6.07, 6.45) is 19.0. The SMILES string of the molecule is CCCCCCCCCOC(=O)C1CCCCC1C(=O)OCCCCCCCC(C)C. The van der Waals surface area contributed by atoms with Gasteiger partial charge in [0.25, 0.3) is 0 Å². The van der Waals surface area contributed by atoms with Crippen molar-refractivity contribution in [3.8, 4) is 0 Å². The quantitative estimate of drug-likeness (QED) is 0.163. The van der Waals surface area contributed by atoms with Crippen LogP contribution in [0.1, 0.15) is 130 Å². The van der Waals surface area contributed by atoms with Gasteiger partial charge in [0.15, 0.2) is 0 Å². The van der Waals surface area contributed by atoms with Crippen molar-refractivity contribution in [2.24, 2.45) is 17.8 Å². The van der Waals surface area contributed by atoms with Gasteiger partial charge in [0.2, 0.25) is 0 Å². The van der Waals surface area contributed by atoms with E-state index in [9.17, 15) is 9.59 Å². The first-order valence-electron chi connectivity index (χ1n) is 13.4. The molecule has 0 radical (unpaired) electrons. The van der Waals surface area contributed by atoms with Crippen molar-refractivity contribution >= 4 is 11.9 Å². The Bertz CT molecular complexity index is 460. The minimum absolute atomic E-state index is 0.183. The summed E-state index contributed by atoms with van der Waals surface area (Å²) in [4.78, 5) is 25.2. The molecule has 182 valence electrons. The summed E-state index contributed by atoms with van der Waals surface area (Å²) in [6.45, 7) is 7.73. The Kier molecular flexibility index (Phi) is 16.7. The molecule has 0 bridgehead atoms.